The minimum Gasteiger partial charge on any atom is -0.444 e. The summed E-state index contributed by atoms with van der Waals surface area (Å²) >= 11 is 5.88. The summed E-state index contributed by atoms with van der Waals surface area (Å²) in [7, 11) is 0. The summed E-state index contributed by atoms with van der Waals surface area (Å²) in [5.41, 5.74) is -0.696. The fourth-order valence-electron chi connectivity index (χ4n) is 2.16. The molecule has 0 saturated heterocycles. The van der Waals surface area contributed by atoms with Gasteiger partial charge in [-0.1, -0.05) is 11.6 Å². The van der Waals surface area contributed by atoms with Gasteiger partial charge in [-0.3, -0.25) is 4.68 Å². The Balaban J connectivity index is 2.12. The van der Waals surface area contributed by atoms with E-state index in [2.05, 4.69) is 20.7 Å². The highest BCUT2D eigenvalue weighted by molar-refractivity contribution is 6.30. The number of hydrogen-bond donors (Lipinski definition) is 2. The van der Waals surface area contributed by atoms with Crippen LogP contribution in [0.1, 0.15) is 26.3 Å². The molecule has 0 aliphatic heterocycles. The number of nitrogens with one attached hydrogen (secondary N) is 2. The van der Waals surface area contributed by atoms with Crippen molar-refractivity contribution in [2.24, 2.45) is 0 Å². The fraction of sp³-hybridized carbons (Fsp3) is 0.412. The lowest BCUT2D eigenvalue weighted by atomic mass is 10.2. The monoisotopic (exact) mass is 394 g/mol. The van der Waals surface area contributed by atoms with Crippen LogP contribution in [0.4, 0.5) is 15.0 Å². The molecule has 2 rings (SSSR count). The molecule has 0 unspecified atom stereocenters. The van der Waals surface area contributed by atoms with Gasteiger partial charge in [0.05, 0.1) is 18.2 Å². The van der Waals surface area contributed by atoms with Gasteiger partial charge in [0.1, 0.15) is 16.8 Å². The predicted molar refractivity (Wildman–Crippen MR) is 97.8 cm³/mol. The molecule has 10 heteroatoms. The van der Waals surface area contributed by atoms with E-state index in [9.17, 15) is 9.18 Å². The first-order valence-electron chi connectivity index (χ1n) is 8.15. The number of nitriles is 1. The van der Waals surface area contributed by atoms with Crippen LogP contribution in [0, 0.1) is 17.1 Å². The summed E-state index contributed by atoms with van der Waals surface area (Å²) < 4.78 is 21.0. The number of pyridine rings is 1. The van der Waals surface area contributed by atoms with E-state index in [1.54, 1.807) is 50.0 Å². The van der Waals surface area contributed by atoms with Crippen LogP contribution < -0.4 is 10.6 Å². The minimum absolute atomic E-state index is 0.0600. The van der Waals surface area contributed by atoms with E-state index in [1.807, 2.05) is 0 Å². The second-order valence-corrected chi connectivity index (χ2v) is 7.08. The molecule has 0 bridgehead atoms. The van der Waals surface area contributed by atoms with Crippen LogP contribution in [0.25, 0.3) is 0 Å². The molecule has 0 aliphatic carbocycles. The Morgan fingerprint density at radius 3 is 2.85 bits per heavy atom. The highest BCUT2D eigenvalue weighted by atomic mass is 35.5. The molecule has 2 aromatic rings. The maximum Gasteiger partial charge on any atom is 0.407 e. The van der Waals surface area contributed by atoms with E-state index in [0.717, 1.165) is 6.07 Å². The summed E-state index contributed by atoms with van der Waals surface area (Å²) in [6.07, 6.45) is 2.74. The molecule has 2 N–H and O–H groups in total. The number of ether oxygens (including phenoxy) is 1. The summed E-state index contributed by atoms with van der Waals surface area (Å²) in [4.78, 5) is 15.8. The Hall–Kier alpha value is -2.86. The first-order chi connectivity index (χ1) is 12.7. The summed E-state index contributed by atoms with van der Waals surface area (Å²) in [5.74, 6) is -0.846. The summed E-state index contributed by atoms with van der Waals surface area (Å²) in [6, 6.07) is 4.05. The minimum atomic E-state index is -0.723. The first kappa shape index (κ1) is 20.5. The van der Waals surface area contributed by atoms with Gasteiger partial charge in [0.25, 0.3) is 0 Å². The second-order valence-electron chi connectivity index (χ2n) is 6.72. The lowest BCUT2D eigenvalue weighted by Crippen LogP contribution is -2.41. The Bertz CT molecular complexity index is 829. The molecular weight excluding hydrogens is 375 g/mol. The van der Waals surface area contributed by atoms with E-state index in [-0.39, 0.29) is 23.1 Å². The number of aromatic nitrogens is 3. The molecule has 1 amide bonds. The molecule has 1 atom stereocenters. The van der Waals surface area contributed by atoms with E-state index in [4.69, 9.17) is 21.6 Å². The third-order valence-electron chi connectivity index (χ3n) is 3.25. The fourth-order valence-corrected chi connectivity index (χ4v) is 2.34. The molecular formula is C17H20ClFN6O2. The standard InChI is InChI=1S/C17H20ClFN6O2/c1-17(2,3)27-16(26)21-9-12(10-25-6-4-5-22-25)23-15-13(19)7-11(8-20)14(18)24-15/h4-7,12H,9-10H2,1-3H3,(H,21,26)(H,23,24)/t12-/m0/s1. The van der Waals surface area contributed by atoms with Crippen LogP contribution in [0.15, 0.2) is 24.5 Å². The number of alkyl carbamates (subject to hydrolysis) is 1. The van der Waals surface area contributed by atoms with Crippen LogP contribution in [0.2, 0.25) is 5.15 Å². The van der Waals surface area contributed by atoms with Gasteiger partial charge in [0.15, 0.2) is 11.6 Å². The molecule has 2 aromatic heterocycles. The number of anilines is 1. The van der Waals surface area contributed by atoms with Crippen LogP contribution in [0.3, 0.4) is 0 Å². The topological polar surface area (TPSA) is 105 Å². The average molecular weight is 395 g/mol. The molecule has 2 heterocycles. The maximum atomic E-state index is 14.2. The molecule has 0 fully saturated rings. The van der Waals surface area contributed by atoms with Gasteiger partial charge in [0.2, 0.25) is 0 Å². The van der Waals surface area contributed by atoms with Gasteiger partial charge >= 0.3 is 6.09 Å². The largest absolute Gasteiger partial charge is 0.444 e. The number of nitrogens with zero attached hydrogens (tertiary/aromatic N) is 4. The molecule has 0 radical (unpaired) electrons. The number of rotatable bonds is 6. The summed E-state index contributed by atoms with van der Waals surface area (Å²) in [5, 5.41) is 18.4. The predicted octanol–water partition coefficient (Wildman–Crippen LogP) is 2.95. The van der Waals surface area contributed by atoms with E-state index in [1.165, 1.54) is 0 Å². The molecule has 0 spiro atoms. The number of carbonyl (C=O) groups is 1. The van der Waals surface area contributed by atoms with Crippen molar-refractivity contribution in [3.63, 3.8) is 0 Å². The zero-order valence-corrected chi connectivity index (χ0v) is 15.9. The quantitative estimate of drug-likeness (QED) is 0.730. The van der Waals surface area contributed by atoms with Crippen molar-refractivity contribution in [3.8, 4) is 6.07 Å². The van der Waals surface area contributed by atoms with Crippen LogP contribution >= 0.6 is 11.6 Å². The highest BCUT2D eigenvalue weighted by Gasteiger charge is 2.20. The van der Waals surface area contributed by atoms with Crippen molar-refractivity contribution in [2.45, 2.75) is 39.0 Å². The van der Waals surface area contributed by atoms with E-state index in [0.29, 0.717) is 6.54 Å². The number of halogens is 2. The molecule has 0 aliphatic rings. The molecule has 144 valence electrons. The first-order valence-corrected chi connectivity index (χ1v) is 8.52. The van der Waals surface area contributed by atoms with Crippen LogP contribution in [-0.4, -0.2) is 39.0 Å². The SMILES string of the molecule is CC(C)(C)OC(=O)NC[C@@H](Cn1cccn1)Nc1nc(Cl)c(C#N)cc1F. The normalized spacial score (nSPS) is 12.1. The van der Waals surface area contributed by atoms with Gasteiger partial charge in [0, 0.05) is 18.9 Å². The average Bonchev–Trinajstić information content (AvgIpc) is 3.07. The molecule has 0 saturated carbocycles. The van der Waals surface area contributed by atoms with Gasteiger partial charge in [-0.15, -0.1) is 0 Å². The Labute approximate surface area is 161 Å². The zero-order chi connectivity index (χ0) is 20.0. The van der Waals surface area contributed by atoms with Crippen LogP contribution in [-0.2, 0) is 11.3 Å². The second kappa shape index (κ2) is 8.68. The van der Waals surface area contributed by atoms with E-state index < -0.39 is 23.6 Å². The Kier molecular flexibility index (Phi) is 6.58. The Morgan fingerprint density at radius 1 is 1.52 bits per heavy atom. The molecule has 8 nitrogen and oxygen atoms in total. The zero-order valence-electron chi connectivity index (χ0n) is 15.2. The third-order valence-corrected chi connectivity index (χ3v) is 3.54. The van der Waals surface area contributed by atoms with Gasteiger partial charge < -0.3 is 15.4 Å². The lowest BCUT2D eigenvalue weighted by Gasteiger charge is -2.23. The highest BCUT2D eigenvalue weighted by Crippen LogP contribution is 2.20. The lowest BCUT2D eigenvalue weighted by molar-refractivity contribution is 0.0524. The molecule has 0 aromatic carbocycles. The number of carbonyl (C=O) groups excluding carboxylic acids is 1. The maximum absolute atomic E-state index is 14.2. The number of hydrogen-bond acceptors (Lipinski definition) is 6. The van der Waals surface area contributed by atoms with Gasteiger partial charge in [-0.25, -0.2) is 14.2 Å². The van der Waals surface area contributed by atoms with Crippen molar-refractivity contribution in [1.29, 1.82) is 5.26 Å². The van der Waals surface area contributed by atoms with Gasteiger partial charge in [-0.05, 0) is 32.9 Å². The smallest absolute Gasteiger partial charge is 0.407 e. The van der Waals surface area contributed by atoms with Crippen molar-refractivity contribution in [3.05, 3.63) is 41.1 Å². The Morgan fingerprint density at radius 2 is 2.26 bits per heavy atom. The van der Waals surface area contributed by atoms with Crippen molar-refractivity contribution in [2.75, 3.05) is 11.9 Å². The third kappa shape index (κ3) is 6.42. The number of amides is 1. The van der Waals surface area contributed by atoms with Crippen molar-refractivity contribution < 1.29 is 13.9 Å². The van der Waals surface area contributed by atoms with Crippen molar-refractivity contribution in [1.82, 2.24) is 20.1 Å². The molecule has 27 heavy (non-hydrogen) atoms. The van der Waals surface area contributed by atoms with Gasteiger partial charge in [-0.2, -0.15) is 10.4 Å². The van der Waals surface area contributed by atoms with Crippen molar-refractivity contribution >= 4 is 23.5 Å². The summed E-state index contributed by atoms with van der Waals surface area (Å²) in [6.45, 7) is 5.70. The van der Waals surface area contributed by atoms with Crippen LogP contribution in [0.5, 0.6) is 0 Å². The van der Waals surface area contributed by atoms with E-state index >= 15 is 0 Å².